The highest BCUT2D eigenvalue weighted by Gasteiger charge is 2.27. The fourth-order valence-electron chi connectivity index (χ4n) is 4.76. The van der Waals surface area contributed by atoms with Gasteiger partial charge in [0.15, 0.2) is 0 Å². The lowest BCUT2D eigenvalue weighted by Gasteiger charge is -2.28. The van der Waals surface area contributed by atoms with Crippen LogP contribution >= 0.6 is 0 Å². The fraction of sp³-hybridized carbons (Fsp3) is 0.241. The predicted molar refractivity (Wildman–Crippen MR) is 135 cm³/mol. The topological polar surface area (TPSA) is 41.4 Å². The number of carbonyl (C=O) groups is 1. The smallest absolute Gasteiger partial charge is 0.254 e. The van der Waals surface area contributed by atoms with Gasteiger partial charge in [-0.15, -0.1) is 0 Å². The molecule has 0 radical (unpaired) electrons. The molecule has 0 bridgehead atoms. The van der Waals surface area contributed by atoms with Crippen LogP contribution in [0, 0.1) is 17.5 Å². The van der Waals surface area contributed by atoms with E-state index in [1.807, 2.05) is 11.6 Å². The molecule has 0 unspecified atom stereocenters. The first-order chi connectivity index (χ1) is 17.9. The van der Waals surface area contributed by atoms with Crippen molar-refractivity contribution in [1.29, 1.82) is 0 Å². The van der Waals surface area contributed by atoms with Gasteiger partial charge >= 0.3 is 0 Å². The van der Waals surface area contributed by atoms with E-state index in [4.69, 9.17) is 5.10 Å². The van der Waals surface area contributed by atoms with E-state index in [2.05, 4.69) is 4.90 Å². The Morgan fingerprint density at radius 2 is 1.65 bits per heavy atom. The third-order valence-electron chi connectivity index (χ3n) is 6.69. The van der Waals surface area contributed by atoms with Gasteiger partial charge in [-0.3, -0.25) is 9.69 Å². The second-order valence-electron chi connectivity index (χ2n) is 9.18. The number of benzene rings is 3. The number of hydrogen-bond acceptors (Lipinski definition) is 3. The lowest BCUT2D eigenvalue weighted by atomic mass is 10.0. The van der Waals surface area contributed by atoms with E-state index in [9.17, 15) is 18.0 Å². The summed E-state index contributed by atoms with van der Waals surface area (Å²) >= 11 is 0. The summed E-state index contributed by atoms with van der Waals surface area (Å²) in [6, 6.07) is 18.3. The molecule has 1 aromatic heterocycles. The maximum absolute atomic E-state index is 13.8. The summed E-state index contributed by atoms with van der Waals surface area (Å²) in [6.45, 7) is 4.59. The first-order valence-corrected chi connectivity index (χ1v) is 12.3. The van der Waals surface area contributed by atoms with Crippen LogP contribution in [0.15, 0.2) is 72.8 Å². The third kappa shape index (κ3) is 5.44. The number of nitrogens with zero attached hydrogens (tertiary/aromatic N) is 4. The number of carbonyl (C=O) groups excluding carboxylic acids is 1. The van der Waals surface area contributed by atoms with E-state index in [-0.39, 0.29) is 29.6 Å². The molecule has 5 nitrogen and oxygen atoms in total. The van der Waals surface area contributed by atoms with Crippen molar-refractivity contribution in [3.63, 3.8) is 0 Å². The quantitative estimate of drug-likeness (QED) is 0.333. The van der Waals surface area contributed by atoms with Crippen molar-refractivity contribution in [2.24, 2.45) is 0 Å². The Labute approximate surface area is 213 Å². The highest BCUT2D eigenvalue weighted by Crippen LogP contribution is 2.28. The van der Waals surface area contributed by atoms with Gasteiger partial charge in [0.05, 0.1) is 23.6 Å². The molecule has 190 valence electrons. The molecule has 0 aliphatic carbocycles. The average Bonchev–Trinajstić information content (AvgIpc) is 3.26. The lowest BCUT2D eigenvalue weighted by molar-refractivity contribution is 0.0749. The summed E-state index contributed by atoms with van der Waals surface area (Å²) in [5, 5.41) is 4.88. The van der Waals surface area contributed by atoms with Crippen LogP contribution < -0.4 is 0 Å². The predicted octanol–water partition coefficient (Wildman–Crippen LogP) is 5.51. The minimum atomic E-state index is -0.462. The molecule has 0 saturated heterocycles. The Morgan fingerprint density at radius 3 is 2.32 bits per heavy atom. The van der Waals surface area contributed by atoms with Crippen LogP contribution in [0.5, 0.6) is 0 Å². The van der Waals surface area contributed by atoms with E-state index < -0.39 is 5.82 Å². The SMILES string of the molecule is CCN(Cc1nn(-c2ccc(F)cc2)c2c1CN(Cc1ccc(F)cc1)CC2)C(=O)c1cccc(F)c1. The molecule has 37 heavy (non-hydrogen) atoms. The van der Waals surface area contributed by atoms with E-state index in [1.165, 1.54) is 42.5 Å². The van der Waals surface area contributed by atoms with Crippen LogP contribution in [0.1, 0.15) is 39.8 Å². The highest BCUT2D eigenvalue weighted by atomic mass is 19.1. The molecule has 1 aliphatic rings. The van der Waals surface area contributed by atoms with Gasteiger partial charge in [0.1, 0.15) is 17.5 Å². The van der Waals surface area contributed by atoms with E-state index in [1.54, 1.807) is 35.2 Å². The Morgan fingerprint density at radius 1 is 0.946 bits per heavy atom. The van der Waals surface area contributed by atoms with Gasteiger partial charge in [0.2, 0.25) is 0 Å². The Balaban J connectivity index is 1.47. The molecule has 1 amide bonds. The molecule has 8 heteroatoms. The minimum Gasteiger partial charge on any atom is -0.333 e. The molecule has 5 rings (SSSR count). The minimum absolute atomic E-state index is 0.257. The second kappa shape index (κ2) is 10.6. The van der Waals surface area contributed by atoms with Gasteiger partial charge in [0, 0.05) is 43.7 Å². The maximum Gasteiger partial charge on any atom is 0.254 e. The zero-order valence-electron chi connectivity index (χ0n) is 20.5. The first kappa shape index (κ1) is 24.8. The first-order valence-electron chi connectivity index (χ1n) is 12.3. The Hall–Kier alpha value is -3.91. The van der Waals surface area contributed by atoms with Crippen molar-refractivity contribution in [3.8, 4) is 5.69 Å². The number of halogens is 3. The molecule has 1 aliphatic heterocycles. The molecule has 0 saturated carbocycles. The molecule has 2 heterocycles. The molecule has 0 spiro atoms. The fourth-order valence-corrected chi connectivity index (χ4v) is 4.76. The zero-order chi connectivity index (χ0) is 25.9. The summed E-state index contributed by atoms with van der Waals surface area (Å²) < 4.78 is 42.6. The van der Waals surface area contributed by atoms with Crippen molar-refractivity contribution < 1.29 is 18.0 Å². The molecular formula is C29H27F3N4O. The molecule has 0 N–H and O–H groups in total. The van der Waals surface area contributed by atoms with Gasteiger partial charge in [-0.05, 0) is 67.1 Å². The summed E-state index contributed by atoms with van der Waals surface area (Å²) in [7, 11) is 0. The largest absolute Gasteiger partial charge is 0.333 e. The van der Waals surface area contributed by atoms with E-state index in [0.717, 1.165) is 34.7 Å². The molecule has 0 fully saturated rings. The molecular weight excluding hydrogens is 477 g/mol. The normalized spacial score (nSPS) is 13.4. The van der Waals surface area contributed by atoms with Gasteiger partial charge in [-0.2, -0.15) is 5.10 Å². The number of amides is 1. The lowest BCUT2D eigenvalue weighted by Crippen LogP contribution is -2.33. The summed E-state index contributed by atoms with van der Waals surface area (Å²) in [5.41, 5.74) is 4.82. The van der Waals surface area contributed by atoms with E-state index >= 15 is 0 Å². The van der Waals surface area contributed by atoms with Gasteiger partial charge in [-0.1, -0.05) is 18.2 Å². The summed E-state index contributed by atoms with van der Waals surface area (Å²) in [5.74, 6) is -1.33. The number of aromatic nitrogens is 2. The van der Waals surface area contributed by atoms with Gasteiger partial charge in [0.25, 0.3) is 5.91 Å². The van der Waals surface area contributed by atoms with Crippen LogP contribution in [0.2, 0.25) is 0 Å². The van der Waals surface area contributed by atoms with Crippen molar-refractivity contribution in [2.75, 3.05) is 13.1 Å². The third-order valence-corrected chi connectivity index (χ3v) is 6.69. The summed E-state index contributed by atoms with van der Waals surface area (Å²) in [6.07, 6.45) is 0.713. The average molecular weight is 505 g/mol. The standard InChI is InChI=1S/C29H27F3N4O/c1-2-35(29(37)21-4-3-5-24(32)16-21)19-27-26-18-34(17-20-6-8-22(30)9-7-20)15-14-28(26)36(33-27)25-12-10-23(31)11-13-25/h3-13,16H,2,14-15,17-19H2,1H3. The van der Waals surface area contributed by atoms with Crippen molar-refractivity contribution in [3.05, 3.63) is 118 Å². The Bertz CT molecular complexity index is 1400. The van der Waals surface area contributed by atoms with Crippen molar-refractivity contribution >= 4 is 5.91 Å². The van der Waals surface area contributed by atoms with E-state index in [0.29, 0.717) is 26.1 Å². The highest BCUT2D eigenvalue weighted by molar-refractivity contribution is 5.94. The van der Waals surface area contributed by atoms with Crippen LogP contribution in [-0.2, 0) is 26.1 Å². The molecule has 4 aromatic rings. The van der Waals surface area contributed by atoms with Crippen LogP contribution in [0.3, 0.4) is 0 Å². The zero-order valence-corrected chi connectivity index (χ0v) is 20.5. The van der Waals surface area contributed by atoms with Crippen LogP contribution in [0.4, 0.5) is 13.2 Å². The van der Waals surface area contributed by atoms with Gasteiger partial charge < -0.3 is 4.90 Å². The van der Waals surface area contributed by atoms with Crippen molar-refractivity contribution in [1.82, 2.24) is 19.6 Å². The summed E-state index contributed by atoms with van der Waals surface area (Å²) in [4.78, 5) is 17.1. The monoisotopic (exact) mass is 504 g/mol. The van der Waals surface area contributed by atoms with Gasteiger partial charge in [-0.25, -0.2) is 17.9 Å². The number of hydrogen-bond donors (Lipinski definition) is 0. The van der Waals surface area contributed by atoms with Crippen LogP contribution in [0.25, 0.3) is 5.69 Å². The number of rotatable bonds is 7. The second-order valence-corrected chi connectivity index (χ2v) is 9.18. The Kier molecular flexibility index (Phi) is 7.10. The maximum atomic E-state index is 13.8. The number of fused-ring (bicyclic) bond motifs is 1. The molecule has 3 aromatic carbocycles. The van der Waals surface area contributed by atoms with Crippen molar-refractivity contribution in [2.45, 2.75) is 33.0 Å². The molecule has 0 atom stereocenters. The van der Waals surface area contributed by atoms with Crippen LogP contribution in [-0.4, -0.2) is 38.6 Å².